The molecule has 3 rings (SSSR count). The Morgan fingerprint density at radius 2 is 2.21 bits per heavy atom. The zero-order chi connectivity index (χ0) is 19.9. The Morgan fingerprint density at radius 1 is 1.36 bits per heavy atom. The van der Waals surface area contributed by atoms with E-state index in [-0.39, 0.29) is 37.4 Å². The van der Waals surface area contributed by atoms with Crippen LogP contribution in [0.5, 0.6) is 5.88 Å². The van der Waals surface area contributed by atoms with Gasteiger partial charge < -0.3 is 25.2 Å². The summed E-state index contributed by atoms with van der Waals surface area (Å²) in [6.45, 7) is 3.87. The van der Waals surface area contributed by atoms with E-state index >= 15 is 0 Å². The number of rotatable bonds is 8. The molecule has 1 fully saturated rings. The highest BCUT2D eigenvalue weighted by Gasteiger charge is 2.30. The first kappa shape index (κ1) is 19.9. The van der Waals surface area contributed by atoms with Crippen LogP contribution in [0, 0.1) is 0 Å². The van der Waals surface area contributed by atoms with Gasteiger partial charge in [0, 0.05) is 23.7 Å². The smallest absolute Gasteiger partial charge is 0.407 e. The second-order valence-corrected chi connectivity index (χ2v) is 6.98. The fraction of sp³-hybridized carbons (Fsp3) is 0.556. The molecule has 2 aromatic rings. The maximum Gasteiger partial charge on any atom is 0.407 e. The van der Waals surface area contributed by atoms with E-state index in [9.17, 15) is 4.79 Å². The lowest BCUT2D eigenvalue weighted by atomic mass is 10.0. The van der Waals surface area contributed by atoms with Crippen LogP contribution < -0.4 is 15.4 Å². The molecule has 0 saturated heterocycles. The molecule has 1 amide bonds. The van der Waals surface area contributed by atoms with Gasteiger partial charge in [-0.25, -0.2) is 4.79 Å². The number of ether oxygens (including phenoxy) is 2. The third-order valence-electron chi connectivity index (χ3n) is 4.31. The van der Waals surface area contributed by atoms with Crippen LogP contribution in [0.1, 0.15) is 44.7 Å². The van der Waals surface area contributed by atoms with Crippen LogP contribution in [0.2, 0.25) is 0 Å². The van der Waals surface area contributed by atoms with Gasteiger partial charge in [0.2, 0.25) is 5.88 Å². The summed E-state index contributed by atoms with van der Waals surface area (Å²) in [7, 11) is 0. The Kier molecular flexibility index (Phi) is 6.64. The molecular weight excluding hydrogens is 364 g/mol. The van der Waals surface area contributed by atoms with Crippen molar-refractivity contribution >= 4 is 17.7 Å². The summed E-state index contributed by atoms with van der Waals surface area (Å²) >= 11 is 0. The van der Waals surface area contributed by atoms with Gasteiger partial charge in [0.15, 0.2) is 11.6 Å². The normalized spacial score (nSPS) is 18.9. The minimum absolute atomic E-state index is 0.0570. The highest BCUT2D eigenvalue weighted by atomic mass is 16.6. The number of nitrogens with zero attached hydrogens (tertiary/aromatic N) is 3. The lowest BCUT2D eigenvalue weighted by molar-refractivity contribution is 0.0981. The number of hydrogen-bond donors (Lipinski definition) is 4. The zero-order valence-electron chi connectivity index (χ0n) is 16.0. The van der Waals surface area contributed by atoms with E-state index in [0.717, 1.165) is 25.0 Å². The number of carbonyl (C=O) groups is 1. The average molecular weight is 390 g/mol. The predicted octanol–water partition coefficient (Wildman–Crippen LogP) is 2.09. The Hall–Kier alpha value is -2.88. The highest BCUT2D eigenvalue weighted by Crippen LogP contribution is 2.36. The molecule has 0 aromatic carbocycles. The number of hydrogen-bond acceptors (Lipinski definition) is 8. The van der Waals surface area contributed by atoms with E-state index in [4.69, 9.17) is 14.6 Å². The number of aromatic nitrogens is 4. The number of anilines is 2. The van der Waals surface area contributed by atoms with Crippen LogP contribution in [0.15, 0.2) is 18.5 Å². The molecule has 1 aliphatic carbocycles. The molecule has 1 aliphatic rings. The summed E-state index contributed by atoms with van der Waals surface area (Å²) in [5.74, 6) is 1.69. The largest absolute Gasteiger partial charge is 0.474 e. The third-order valence-corrected chi connectivity index (χ3v) is 4.31. The number of amides is 1. The Labute approximate surface area is 163 Å². The van der Waals surface area contributed by atoms with Gasteiger partial charge in [-0.3, -0.25) is 10.1 Å². The molecule has 10 nitrogen and oxygen atoms in total. The number of alkyl carbamates (subject to hydrolysis) is 1. The van der Waals surface area contributed by atoms with E-state index in [2.05, 4.69) is 30.8 Å². The molecule has 10 heteroatoms. The predicted molar refractivity (Wildman–Crippen MR) is 102 cm³/mol. The van der Waals surface area contributed by atoms with E-state index in [1.165, 1.54) is 6.20 Å². The van der Waals surface area contributed by atoms with Crippen LogP contribution >= 0.6 is 0 Å². The molecule has 2 heterocycles. The lowest BCUT2D eigenvalue weighted by Gasteiger charge is -2.14. The highest BCUT2D eigenvalue weighted by molar-refractivity contribution is 5.67. The van der Waals surface area contributed by atoms with E-state index < -0.39 is 0 Å². The van der Waals surface area contributed by atoms with Crippen molar-refractivity contribution in [2.24, 2.45) is 0 Å². The summed E-state index contributed by atoms with van der Waals surface area (Å²) in [4.78, 5) is 20.1. The van der Waals surface area contributed by atoms with Crippen LogP contribution in [0.25, 0.3) is 0 Å². The number of carbonyl (C=O) groups excluding carboxylic acids is 1. The summed E-state index contributed by atoms with van der Waals surface area (Å²) in [6, 6.07) is 1.98. The number of aliphatic hydroxyl groups excluding tert-OH is 1. The van der Waals surface area contributed by atoms with Crippen LogP contribution in [0.4, 0.5) is 16.4 Å². The molecule has 2 atom stereocenters. The Balaban J connectivity index is 1.54. The zero-order valence-corrected chi connectivity index (χ0v) is 16.0. The monoisotopic (exact) mass is 390 g/mol. The van der Waals surface area contributed by atoms with E-state index in [0.29, 0.717) is 17.5 Å². The number of aliphatic hydroxyl groups is 1. The van der Waals surface area contributed by atoms with Crippen molar-refractivity contribution in [1.82, 2.24) is 25.5 Å². The second-order valence-electron chi connectivity index (χ2n) is 6.98. The Bertz CT molecular complexity index is 781. The molecule has 0 bridgehead atoms. The Morgan fingerprint density at radius 3 is 3.00 bits per heavy atom. The van der Waals surface area contributed by atoms with Crippen molar-refractivity contribution in [1.29, 1.82) is 0 Å². The van der Waals surface area contributed by atoms with E-state index in [1.54, 1.807) is 6.20 Å². The van der Waals surface area contributed by atoms with Crippen molar-refractivity contribution in [2.45, 2.75) is 51.2 Å². The molecule has 28 heavy (non-hydrogen) atoms. The SMILES string of the molecule is CC(C)NC(=O)O[C@H]1CC[C@@H](c2cc(Nc3cncc(OCCO)n3)n[nH]2)C1. The first-order valence-corrected chi connectivity index (χ1v) is 9.38. The van der Waals surface area contributed by atoms with Crippen LogP contribution in [-0.2, 0) is 4.74 Å². The molecule has 2 aromatic heterocycles. The van der Waals surface area contributed by atoms with Crippen LogP contribution in [0.3, 0.4) is 0 Å². The van der Waals surface area contributed by atoms with Crippen molar-refractivity contribution in [2.75, 3.05) is 18.5 Å². The van der Waals surface area contributed by atoms with Crippen molar-refractivity contribution in [3.8, 4) is 5.88 Å². The molecular formula is C18H26N6O4. The number of aromatic amines is 1. The molecule has 0 spiro atoms. The third kappa shape index (κ3) is 5.56. The quantitative estimate of drug-likeness (QED) is 0.538. The van der Waals surface area contributed by atoms with Gasteiger partial charge in [-0.1, -0.05) is 0 Å². The second kappa shape index (κ2) is 9.36. The summed E-state index contributed by atoms with van der Waals surface area (Å²) in [5.41, 5.74) is 0.985. The van der Waals surface area contributed by atoms with Crippen molar-refractivity contribution < 1.29 is 19.4 Å². The van der Waals surface area contributed by atoms with Gasteiger partial charge >= 0.3 is 6.09 Å². The van der Waals surface area contributed by atoms with Gasteiger partial charge in [0.05, 0.1) is 19.0 Å². The molecule has 1 saturated carbocycles. The summed E-state index contributed by atoms with van der Waals surface area (Å²) in [5, 5.41) is 21.9. The average Bonchev–Trinajstić information content (AvgIpc) is 3.29. The van der Waals surface area contributed by atoms with Crippen molar-refractivity contribution in [3.05, 3.63) is 24.2 Å². The molecule has 152 valence electrons. The minimum atomic E-state index is -0.366. The first-order chi connectivity index (χ1) is 13.5. The maximum absolute atomic E-state index is 11.8. The fourth-order valence-electron chi connectivity index (χ4n) is 3.12. The van der Waals surface area contributed by atoms with Crippen molar-refractivity contribution in [3.63, 3.8) is 0 Å². The fourth-order valence-corrected chi connectivity index (χ4v) is 3.12. The maximum atomic E-state index is 11.8. The lowest BCUT2D eigenvalue weighted by Crippen LogP contribution is -2.33. The molecule has 0 unspecified atom stereocenters. The van der Waals surface area contributed by atoms with Gasteiger partial charge in [-0.05, 0) is 33.1 Å². The molecule has 4 N–H and O–H groups in total. The first-order valence-electron chi connectivity index (χ1n) is 9.38. The van der Waals surface area contributed by atoms with Gasteiger partial charge in [-0.2, -0.15) is 10.1 Å². The van der Waals surface area contributed by atoms with Gasteiger partial charge in [-0.15, -0.1) is 0 Å². The van der Waals surface area contributed by atoms with Crippen LogP contribution in [-0.4, -0.2) is 56.7 Å². The summed E-state index contributed by atoms with van der Waals surface area (Å²) in [6.07, 6.45) is 5.10. The van der Waals surface area contributed by atoms with E-state index in [1.807, 2.05) is 19.9 Å². The van der Waals surface area contributed by atoms with Gasteiger partial charge in [0.25, 0.3) is 0 Å². The molecule has 0 aliphatic heterocycles. The molecule has 0 radical (unpaired) electrons. The minimum Gasteiger partial charge on any atom is -0.474 e. The summed E-state index contributed by atoms with van der Waals surface area (Å²) < 4.78 is 10.7. The van der Waals surface area contributed by atoms with Gasteiger partial charge in [0.1, 0.15) is 12.7 Å². The standard InChI is InChI=1S/C18H26N6O4/c1-11(2)20-18(26)28-13-4-3-12(7-13)14-8-15(24-23-14)21-16-9-19-10-17(22-16)27-6-5-25/h8-13,25H,3-7H2,1-2H3,(H,20,26)(H2,21,22,23,24)/t12-,13+/m1/s1. The number of nitrogens with one attached hydrogen (secondary N) is 3. The topological polar surface area (TPSA) is 134 Å². The number of H-pyrrole nitrogens is 1.